The first-order valence-corrected chi connectivity index (χ1v) is 7.28. The summed E-state index contributed by atoms with van der Waals surface area (Å²) in [6, 6.07) is 7.34. The lowest BCUT2D eigenvalue weighted by Crippen LogP contribution is -2.11. The summed E-state index contributed by atoms with van der Waals surface area (Å²) >= 11 is 3.45. The van der Waals surface area contributed by atoms with Crippen molar-refractivity contribution in [3.05, 3.63) is 40.1 Å². The van der Waals surface area contributed by atoms with Crippen molar-refractivity contribution in [1.29, 1.82) is 0 Å². The largest absolute Gasteiger partial charge is 0.439 e. The molecule has 3 N–H and O–H groups in total. The van der Waals surface area contributed by atoms with Crippen LogP contribution in [-0.4, -0.2) is 16.6 Å². The highest BCUT2D eigenvalue weighted by Gasteiger charge is 2.07. The number of rotatable bonds is 6. The monoisotopic (exact) mass is 352 g/mol. The molecule has 0 radical (unpaired) electrons. The number of halogens is 1. The van der Waals surface area contributed by atoms with E-state index in [0.29, 0.717) is 36.5 Å². The van der Waals surface area contributed by atoms with Crippen molar-refractivity contribution in [3.8, 4) is 11.6 Å². The zero-order valence-electron chi connectivity index (χ0n) is 11.9. The normalized spacial score (nSPS) is 10.5. The molecule has 0 spiro atoms. The van der Waals surface area contributed by atoms with Gasteiger partial charge in [-0.15, -0.1) is 0 Å². The number of nitrogens with zero attached hydrogens (tertiary/aromatic N) is 2. The number of benzene rings is 1. The molecule has 1 heterocycles. The Hall–Kier alpha value is -1.70. The Morgan fingerprint density at radius 3 is 2.76 bits per heavy atom. The van der Waals surface area contributed by atoms with E-state index >= 15 is 0 Å². The van der Waals surface area contributed by atoms with Crippen LogP contribution in [0.25, 0.3) is 0 Å². The minimum absolute atomic E-state index is 0.307. The van der Waals surface area contributed by atoms with E-state index in [4.69, 9.17) is 15.3 Å². The first kappa shape index (κ1) is 15.7. The number of hydrogen-bond donors (Lipinski definition) is 2. The number of aryl methyl sites for hydroxylation is 1. The van der Waals surface area contributed by atoms with Gasteiger partial charge in [0.15, 0.2) is 5.82 Å². The highest BCUT2D eigenvalue weighted by molar-refractivity contribution is 9.10. The molecule has 0 aliphatic rings. The van der Waals surface area contributed by atoms with Crippen molar-refractivity contribution in [2.24, 2.45) is 5.84 Å². The van der Waals surface area contributed by atoms with E-state index in [1.807, 2.05) is 32.0 Å². The average molecular weight is 353 g/mol. The molecule has 0 saturated carbocycles. The molecule has 0 fully saturated rings. The smallest absolute Gasteiger partial charge is 0.224 e. The predicted molar refractivity (Wildman–Crippen MR) is 84.1 cm³/mol. The minimum Gasteiger partial charge on any atom is -0.439 e. The molecule has 1 aromatic carbocycles. The Morgan fingerprint density at radius 2 is 2.10 bits per heavy atom. The molecule has 0 aliphatic carbocycles. The van der Waals surface area contributed by atoms with E-state index < -0.39 is 0 Å². The second kappa shape index (κ2) is 7.35. The number of hydrazine groups is 1. The zero-order chi connectivity index (χ0) is 15.2. The standard InChI is InChI=1S/C14H17BrN4O2/c1-3-20-8-13-17-12(19-16)7-14(18-13)21-10-4-5-11(15)9(2)6-10/h4-7H,3,8,16H2,1-2H3,(H,17,18,19). The third-order valence-electron chi connectivity index (χ3n) is 2.68. The van der Waals surface area contributed by atoms with Crippen LogP contribution in [0.3, 0.4) is 0 Å². The molecule has 6 nitrogen and oxygen atoms in total. The first-order chi connectivity index (χ1) is 10.1. The summed E-state index contributed by atoms with van der Waals surface area (Å²) in [6.07, 6.45) is 0. The molecule has 0 amide bonds. The minimum atomic E-state index is 0.307. The fourth-order valence-electron chi connectivity index (χ4n) is 1.66. The lowest BCUT2D eigenvalue weighted by molar-refractivity contribution is 0.128. The van der Waals surface area contributed by atoms with Crippen LogP contribution in [0.2, 0.25) is 0 Å². The number of hydrogen-bond acceptors (Lipinski definition) is 6. The molecule has 2 rings (SSSR count). The van der Waals surface area contributed by atoms with Crippen molar-refractivity contribution < 1.29 is 9.47 Å². The molecule has 0 atom stereocenters. The molecule has 1 aromatic heterocycles. The van der Waals surface area contributed by atoms with Crippen LogP contribution in [0, 0.1) is 6.92 Å². The summed E-state index contributed by atoms with van der Waals surface area (Å²) in [6.45, 7) is 4.80. The van der Waals surface area contributed by atoms with Gasteiger partial charge in [0.1, 0.15) is 18.2 Å². The van der Waals surface area contributed by atoms with Gasteiger partial charge in [0, 0.05) is 17.1 Å². The molecule has 2 aromatic rings. The van der Waals surface area contributed by atoms with Crippen LogP contribution in [0.1, 0.15) is 18.3 Å². The molecule has 21 heavy (non-hydrogen) atoms. The number of aromatic nitrogens is 2. The predicted octanol–water partition coefficient (Wildman–Crippen LogP) is 3.16. The van der Waals surface area contributed by atoms with Gasteiger partial charge in [-0.2, -0.15) is 4.98 Å². The van der Waals surface area contributed by atoms with Gasteiger partial charge in [-0.25, -0.2) is 10.8 Å². The summed E-state index contributed by atoms with van der Waals surface area (Å²) in [5.41, 5.74) is 3.57. The van der Waals surface area contributed by atoms with Gasteiger partial charge >= 0.3 is 0 Å². The quantitative estimate of drug-likeness (QED) is 0.613. The van der Waals surface area contributed by atoms with Gasteiger partial charge in [0.2, 0.25) is 5.88 Å². The number of nitrogen functional groups attached to an aromatic ring is 1. The van der Waals surface area contributed by atoms with Crippen LogP contribution >= 0.6 is 15.9 Å². The van der Waals surface area contributed by atoms with Crippen molar-refractivity contribution in [1.82, 2.24) is 9.97 Å². The second-order valence-electron chi connectivity index (χ2n) is 4.30. The van der Waals surface area contributed by atoms with E-state index in [1.165, 1.54) is 0 Å². The zero-order valence-corrected chi connectivity index (χ0v) is 13.5. The Balaban J connectivity index is 2.23. The molecule has 7 heteroatoms. The lowest BCUT2D eigenvalue weighted by Gasteiger charge is -2.10. The van der Waals surface area contributed by atoms with Gasteiger partial charge in [-0.1, -0.05) is 15.9 Å². The maximum absolute atomic E-state index is 5.75. The van der Waals surface area contributed by atoms with Crippen LogP contribution in [0.15, 0.2) is 28.7 Å². The highest BCUT2D eigenvalue weighted by atomic mass is 79.9. The summed E-state index contributed by atoms with van der Waals surface area (Å²) in [5, 5.41) is 0. The number of nitrogens with two attached hydrogens (primary N) is 1. The van der Waals surface area contributed by atoms with E-state index in [0.717, 1.165) is 10.0 Å². The Labute approximate surface area is 131 Å². The van der Waals surface area contributed by atoms with E-state index in [9.17, 15) is 0 Å². The second-order valence-corrected chi connectivity index (χ2v) is 5.16. The van der Waals surface area contributed by atoms with Crippen LogP contribution in [-0.2, 0) is 11.3 Å². The number of anilines is 1. The van der Waals surface area contributed by atoms with Crippen LogP contribution < -0.4 is 16.0 Å². The molecular formula is C14H17BrN4O2. The fourth-order valence-corrected chi connectivity index (χ4v) is 1.90. The molecule has 0 bridgehead atoms. The average Bonchev–Trinajstić information content (AvgIpc) is 2.48. The number of nitrogens with one attached hydrogen (secondary N) is 1. The summed E-state index contributed by atoms with van der Waals surface area (Å²) in [5.74, 6) is 7.50. The molecular weight excluding hydrogens is 336 g/mol. The van der Waals surface area contributed by atoms with Crippen LogP contribution in [0.5, 0.6) is 11.6 Å². The third-order valence-corrected chi connectivity index (χ3v) is 3.57. The Bertz CT molecular complexity index is 622. The van der Waals surface area contributed by atoms with Crippen LogP contribution in [0.4, 0.5) is 5.82 Å². The van der Waals surface area contributed by atoms with E-state index in [1.54, 1.807) is 6.07 Å². The van der Waals surface area contributed by atoms with E-state index in [2.05, 4.69) is 31.3 Å². The van der Waals surface area contributed by atoms with E-state index in [-0.39, 0.29) is 0 Å². The third kappa shape index (κ3) is 4.38. The summed E-state index contributed by atoms with van der Waals surface area (Å²) in [7, 11) is 0. The molecule has 112 valence electrons. The van der Waals surface area contributed by atoms with Crippen molar-refractivity contribution >= 4 is 21.7 Å². The van der Waals surface area contributed by atoms with Crippen molar-refractivity contribution in [3.63, 3.8) is 0 Å². The molecule has 0 saturated heterocycles. The maximum atomic E-state index is 5.75. The molecule has 0 unspecified atom stereocenters. The van der Waals surface area contributed by atoms with Gasteiger partial charge in [-0.05, 0) is 37.6 Å². The molecule has 0 aliphatic heterocycles. The number of ether oxygens (including phenoxy) is 2. The fraction of sp³-hybridized carbons (Fsp3) is 0.286. The van der Waals surface area contributed by atoms with Crippen molar-refractivity contribution in [2.75, 3.05) is 12.0 Å². The van der Waals surface area contributed by atoms with Gasteiger partial charge in [0.25, 0.3) is 0 Å². The maximum Gasteiger partial charge on any atom is 0.224 e. The van der Waals surface area contributed by atoms with Gasteiger partial charge < -0.3 is 14.9 Å². The van der Waals surface area contributed by atoms with Gasteiger partial charge in [0.05, 0.1) is 0 Å². The first-order valence-electron chi connectivity index (χ1n) is 6.48. The summed E-state index contributed by atoms with van der Waals surface area (Å²) in [4.78, 5) is 8.50. The van der Waals surface area contributed by atoms with Crippen molar-refractivity contribution in [2.45, 2.75) is 20.5 Å². The Morgan fingerprint density at radius 1 is 1.29 bits per heavy atom. The van der Waals surface area contributed by atoms with Gasteiger partial charge in [-0.3, -0.25) is 0 Å². The topological polar surface area (TPSA) is 82.3 Å². The Kier molecular flexibility index (Phi) is 5.49. The lowest BCUT2D eigenvalue weighted by atomic mass is 10.2. The SMILES string of the molecule is CCOCc1nc(NN)cc(Oc2ccc(Br)c(C)c2)n1. The summed E-state index contributed by atoms with van der Waals surface area (Å²) < 4.78 is 12.1. The highest BCUT2D eigenvalue weighted by Crippen LogP contribution is 2.26.